The molecule has 0 radical (unpaired) electrons. The lowest BCUT2D eigenvalue weighted by atomic mass is 9.80. The van der Waals surface area contributed by atoms with Gasteiger partial charge in [0.1, 0.15) is 0 Å². The maximum absolute atomic E-state index is 12.4. The van der Waals surface area contributed by atoms with Crippen molar-refractivity contribution in [2.75, 3.05) is 13.1 Å². The summed E-state index contributed by atoms with van der Waals surface area (Å²) in [6.45, 7) is 3.98. The Bertz CT molecular complexity index is 259. The summed E-state index contributed by atoms with van der Waals surface area (Å²) in [5.74, 6) is 1.54. The van der Waals surface area contributed by atoms with Gasteiger partial charge in [0.15, 0.2) is 0 Å². The van der Waals surface area contributed by atoms with Crippen LogP contribution in [0.4, 0.5) is 0 Å². The molecule has 2 fully saturated rings. The van der Waals surface area contributed by atoms with Crippen molar-refractivity contribution in [2.45, 2.75) is 57.9 Å². The molecule has 1 amide bonds. The predicted molar refractivity (Wildman–Crippen MR) is 69.5 cm³/mol. The third-order valence-electron chi connectivity index (χ3n) is 4.54. The molecule has 1 heterocycles. The molecule has 17 heavy (non-hydrogen) atoms. The van der Waals surface area contributed by atoms with E-state index in [1.807, 2.05) is 4.90 Å². The van der Waals surface area contributed by atoms with Crippen LogP contribution in [0.1, 0.15) is 51.9 Å². The molecule has 1 aliphatic carbocycles. The summed E-state index contributed by atoms with van der Waals surface area (Å²) < 4.78 is 0. The number of nitrogens with zero attached hydrogens (tertiary/aromatic N) is 1. The van der Waals surface area contributed by atoms with Gasteiger partial charge in [-0.1, -0.05) is 13.3 Å². The van der Waals surface area contributed by atoms with E-state index >= 15 is 0 Å². The number of nitrogens with two attached hydrogens (primary N) is 1. The van der Waals surface area contributed by atoms with E-state index in [2.05, 4.69) is 6.92 Å². The first-order valence-corrected chi connectivity index (χ1v) is 7.25. The van der Waals surface area contributed by atoms with Crippen molar-refractivity contribution in [1.29, 1.82) is 0 Å². The molecular weight excluding hydrogens is 212 g/mol. The van der Waals surface area contributed by atoms with Crippen LogP contribution in [0.5, 0.6) is 0 Å². The Labute approximate surface area is 105 Å². The van der Waals surface area contributed by atoms with E-state index in [0.717, 1.165) is 44.7 Å². The highest BCUT2D eigenvalue weighted by Crippen LogP contribution is 2.32. The lowest BCUT2D eigenvalue weighted by Gasteiger charge is -2.35. The SMILES string of the molecule is CCC1CCC(C(=O)N2CCCC(N)C2)CC1. The molecule has 2 rings (SSSR count). The second-order valence-corrected chi connectivity index (χ2v) is 5.81. The van der Waals surface area contributed by atoms with Gasteiger partial charge >= 0.3 is 0 Å². The quantitative estimate of drug-likeness (QED) is 0.801. The number of piperidine rings is 1. The van der Waals surface area contributed by atoms with Crippen molar-refractivity contribution >= 4 is 5.91 Å². The number of likely N-dealkylation sites (tertiary alicyclic amines) is 1. The summed E-state index contributed by atoms with van der Waals surface area (Å²) in [5, 5.41) is 0. The summed E-state index contributed by atoms with van der Waals surface area (Å²) in [6, 6.07) is 0.208. The molecule has 2 aliphatic rings. The maximum Gasteiger partial charge on any atom is 0.225 e. The molecule has 0 aromatic carbocycles. The zero-order chi connectivity index (χ0) is 12.3. The molecule has 1 unspecified atom stereocenters. The second kappa shape index (κ2) is 5.85. The minimum Gasteiger partial charge on any atom is -0.341 e. The van der Waals surface area contributed by atoms with E-state index in [0.29, 0.717) is 11.8 Å². The Morgan fingerprint density at radius 3 is 2.53 bits per heavy atom. The topological polar surface area (TPSA) is 46.3 Å². The molecule has 0 bridgehead atoms. The molecule has 1 aliphatic heterocycles. The van der Waals surface area contributed by atoms with Crippen LogP contribution in [0.2, 0.25) is 0 Å². The first-order chi connectivity index (χ1) is 8.20. The molecule has 1 saturated carbocycles. The van der Waals surface area contributed by atoms with Gasteiger partial charge in [0.2, 0.25) is 5.91 Å². The smallest absolute Gasteiger partial charge is 0.225 e. The number of hydrogen-bond donors (Lipinski definition) is 1. The molecule has 98 valence electrons. The van der Waals surface area contributed by atoms with Gasteiger partial charge in [-0.05, 0) is 44.4 Å². The van der Waals surface area contributed by atoms with E-state index in [-0.39, 0.29) is 6.04 Å². The van der Waals surface area contributed by atoms with Crippen molar-refractivity contribution in [3.63, 3.8) is 0 Å². The van der Waals surface area contributed by atoms with E-state index in [9.17, 15) is 4.79 Å². The normalized spacial score (nSPS) is 34.7. The molecule has 0 aromatic heterocycles. The van der Waals surface area contributed by atoms with Gasteiger partial charge in [-0.15, -0.1) is 0 Å². The van der Waals surface area contributed by atoms with Gasteiger partial charge < -0.3 is 10.6 Å². The van der Waals surface area contributed by atoms with Crippen LogP contribution < -0.4 is 5.73 Å². The van der Waals surface area contributed by atoms with Gasteiger partial charge in [0.25, 0.3) is 0 Å². The molecular formula is C14H26N2O. The van der Waals surface area contributed by atoms with Crippen molar-refractivity contribution < 1.29 is 4.79 Å². The Balaban J connectivity index is 1.83. The highest BCUT2D eigenvalue weighted by molar-refractivity contribution is 5.79. The first kappa shape index (κ1) is 12.9. The van der Waals surface area contributed by atoms with Crippen LogP contribution >= 0.6 is 0 Å². The summed E-state index contributed by atoms with van der Waals surface area (Å²) in [7, 11) is 0. The van der Waals surface area contributed by atoms with E-state index in [1.165, 1.54) is 19.3 Å². The monoisotopic (exact) mass is 238 g/mol. The van der Waals surface area contributed by atoms with Crippen LogP contribution in [-0.2, 0) is 4.79 Å². The fourth-order valence-corrected chi connectivity index (χ4v) is 3.29. The summed E-state index contributed by atoms with van der Waals surface area (Å²) in [5.41, 5.74) is 5.94. The molecule has 0 aromatic rings. The van der Waals surface area contributed by atoms with Crippen LogP contribution in [0.3, 0.4) is 0 Å². The van der Waals surface area contributed by atoms with Crippen molar-refractivity contribution in [3.8, 4) is 0 Å². The van der Waals surface area contributed by atoms with Crippen molar-refractivity contribution in [1.82, 2.24) is 4.90 Å². The summed E-state index contributed by atoms with van der Waals surface area (Å²) in [6.07, 6.45) is 8.12. The molecule has 2 N–H and O–H groups in total. The average Bonchev–Trinajstić information content (AvgIpc) is 2.38. The third-order valence-corrected chi connectivity index (χ3v) is 4.54. The lowest BCUT2D eigenvalue weighted by Crippen LogP contribution is -2.48. The lowest BCUT2D eigenvalue weighted by molar-refractivity contribution is -0.138. The van der Waals surface area contributed by atoms with E-state index in [4.69, 9.17) is 5.73 Å². The van der Waals surface area contributed by atoms with E-state index in [1.54, 1.807) is 0 Å². The fourth-order valence-electron chi connectivity index (χ4n) is 3.29. The van der Waals surface area contributed by atoms with Crippen molar-refractivity contribution in [2.24, 2.45) is 17.6 Å². The number of carbonyl (C=O) groups is 1. The number of rotatable bonds is 2. The van der Waals surface area contributed by atoms with Crippen LogP contribution in [0, 0.1) is 11.8 Å². The molecule has 3 nitrogen and oxygen atoms in total. The fraction of sp³-hybridized carbons (Fsp3) is 0.929. The van der Waals surface area contributed by atoms with Gasteiger partial charge in [0, 0.05) is 25.0 Å². The molecule has 1 saturated heterocycles. The number of carbonyl (C=O) groups excluding carboxylic acids is 1. The van der Waals surface area contributed by atoms with E-state index < -0.39 is 0 Å². The first-order valence-electron chi connectivity index (χ1n) is 7.25. The highest BCUT2D eigenvalue weighted by atomic mass is 16.2. The minimum atomic E-state index is 0.208. The minimum absolute atomic E-state index is 0.208. The van der Waals surface area contributed by atoms with Crippen molar-refractivity contribution in [3.05, 3.63) is 0 Å². The Morgan fingerprint density at radius 2 is 1.94 bits per heavy atom. The van der Waals surface area contributed by atoms with Crippen LogP contribution in [0.15, 0.2) is 0 Å². The van der Waals surface area contributed by atoms with Crippen LogP contribution in [0.25, 0.3) is 0 Å². The molecule has 0 spiro atoms. The van der Waals surface area contributed by atoms with Gasteiger partial charge in [-0.2, -0.15) is 0 Å². The second-order valence-electron chi connectivity index (χ2n) is 5.81. The molecule has 1 atom stereocenters. The number of hydrogen-bond acceptors (Lipinski definition) is 2. The standard InChI is InChI=1S/C14H26N2O/c1-2-11-5-7-12(8-6-11)14(17)16-9-3-4-13(15)10-16/h11-13H,2-10,15H2,1H3. The molecule has 3 heteroatoms. The van der Waals surface area contributed by atoms with Gasteiger partial charge in [-0.25, -0.2) is 0 Å². The van der Waals surface area contributed by atoms with Gasteiger partial charge in [0.05, 0.1) is 0 Å². The third kappa shape index (κ3) is 3.21. The largest absolute Gasteiger partial charge is 0.341 e. The zero-order valence-corrected chi connectivity index (χ0v) is 11.0. The summed E-state index contributed by atoms with van der Waals surface area (Å²) >= 11 is 0. The predicted octanol–water partition coefficient (Wildman–Crippen LogP) is 2.15. The average molecular weight is 238 g/mol. The zero-order valence-electron chi connectivity index (χ0n) is 11.0. The highest BCUT2D eigenvalue weighted by Gasteiger charge is 2.30. The Kier molecular flexibility index (Phi) is 4.43. The Morgan fingerprint density at radius 1 is 1.24 bits per heavy atom. The number of amides is 1. The summed E-state index contributed by atoms with van der Waals surface area (Å²) in [4.78, 5) is 14.4. The van der Waals surface area contributed by atoms with Gasteiger partial charge in [-0.3, -0.25) is 4.79 Å². The van der Waals surface area contributed by atoms with Crippen LogP contribution in [-0.4, -0.2) is 29.9 Å². The Hall–Kier alpha value is -0.570. The maximum atomic E-state index is 12.4.